The van der Waals surface area contributed by atoms with Crippen molar-refractivity contribution in [1.82, 2.24) is 9.88 Å². The lowest BCUT2D eigenvalue weighted by molar-refractivity contribution is -0.174. The third kappa shape index (κ3) is 6.96. The third-order valence-electron chi connectivity index (χ3n) is 2.94. The van der Waals surface area contributed by atoms with Crippen LogP contribution in [0.15, 0.2) is 18.5 Å². The van der Waals surface area contributed by atoms with Crippen LogP contribution in [0.5, 0.6) is 0 Å². The number of hydrogen-bond donors (Lipinski definition) is 1. The lowest BCUT2D eigenvalue weighted by Gasteiger charge is -2.11. The summed E-state index contributed by atoms with van der Waals surface area (Å²) >= 11 is 0. The van der Waals surface area contributed by atoms with Gasteiger partial charge in [-0.2, -0.15) is 13.2 Å². The molecule has 0 saturated carbocycles. The Balaban J connectivity index is 2.23. The summed E-state index contributed by atoms with van der Waals surface area (Å²) in [5, 5.41) is 3.39. The fraction of sp³-hybridized carbons (Fsp3) is 0.714. The Labute approximate surface area is 118 Å². The monoisotopic (exact) mass is 292 g/mol. The number of nitrogens with one attached hydrogen (secondary N) is 1. The first-order chi connectivity index (χ1) is 9.42. The predicted octanol–water partition coefficient (Wildman–Crippen LogP) is 3.52. The van der Waals surface area contributed by atoms with Crippen LogP contribution in [0.1, 0.15) is 38.3 Å². The Bertz CT molecular complexity index is 377. The number of aryl methyl sites for hydroxylation is 1. The molecule has 3 nitrogen and oxygen atoms in total. The molecule has 1 unspecified atom stereocenters. The van der Waals surface area contributed by atoms with E-state index in [0.29, 0.717) is 13.0 Å². The average molecular weight is 292 g/mol. The summed E-state index contributed by atoms with van der Waals surface area (Å²) in [6.07, 6.45) is 1.39. The second-order valence-electron chi connectivity index (χ2n) is 4.88. The zero-order valence-corrected chi connectivity index (χ0v) is 12.0. The minimum Gasteiger partial charge on any atom is -0.372 e. The molecule has 0 aliphatic carbocycles. The molecule has 1 aromatic rings. The van der Waals surface area contributed by atoms with Crippen LogP contribution < -0.4 is 5.32 Å². The Morgan fingerprint density at radius 2 is 2.15 bits per heavy atom. The molecule has 116 valence electrons. The molecule has 6 heteroatoms. The van der Waals surface area contributed by atoms with Gasteiger partial charge in [0, 0.05) is 31.6 Å². The van der Waals surface area contributed by atoms with Crippen LogP contribution in [0.25, 0.3) is 0 Å². The molecule has 1 heterocycles. The molecule has 0 bridgehead atoms. The minimum absolute atomic E-state index is 0.122. The maximum Gasteiger partial charge on any atom is 0.411 e. The molecule has 0 saturated heterocycles. The van der Waals surface area contributed by atoms with Gasteiger partial charge in [0.25, 0.3) is 0 Å². The number of nitrogens with zero attached hydrogens (tertiary/aromatic N) is 1. The molecule has 0 spiro atoms. The van der Waals surface area contributed by atoms with Crippen LogP contribution in [0, 0.1) is 0 Å². The van der Waals surface area contributed by atoms with Gasteiger partial charge in [-0.3, -0.25) is 0 Å². The van der Waals surface area contributed by atoms with E-state index in [1.807, 2.05) is 23.0 Å². The lowest BCUT2D eigenvalue weighted by atomic mass is 10.2. The quantitative estimate of drug-likeness (QED) is 0.705. The summed E-state index contributed by atoms with van der Waals surface area (Å²) in [7, 11) is 0. The van der Waals surface area contributed by atoms with E-state index in [2.05, 4.69) is 23.9 Å². The largest absolute Gasteiger partial charge is 0.411 e. The third-order valence-corrected chi connectivity index (χ3v) is 2.94. The molecule has 0 fully saturated rings. The van der Waals surface area contributed by atoms with Crippen molar-refractivity contribution in [3.05, 3.63) is 24.0 Å². The topological polar surface area (TPSA) is 26.2 Å². The van der Waals surface area contributed by atoms with E-state index < -0.39 is 12.8 Å². The highest BCUT2D eigenvalue weighted by Crippen LogP contribution is 2.15. The zero-order chi connectivity index (χ0) is 15.0. The van der Waals surface area contributed by atoms with Crippen LogP contribution in [0.3, 0.4) is 0 Å². The molecule has 1 aromatic heterocycles. The van der Waals surface area contributed by atoms with E-state index in [4.69, 9.17) is 0 Å². The van der Waals surface area contributed by atoms with Crippen molar-refractivity contribution in [3.8, 4) is 0 Å². The van der Waals surface area contributed by atoms with E-state index in [1.54, 1.807) is 0 Å². The first-order valence-corrected chi connectivity index (χ1v) is 6.96. The fourth-order valence-corrected chi connectivity index (χ4v) is 1.87. The second kappa shape index (κ2) is 8.32. The molecule has 0 aliphatic rings. The average Bonchev–Trinajstić information content (AvgIpc) is 2.83. The highest BCUT2D eigenvalue weighted by molar-refractivity contribution is 5.14. The van der Waals surface area contributed by atoms with Crippen LogP contribution >= 0.6 is 0 Å². The smallest absolute Gasteiger partial charge is 0.372 e. The molecule has 20 heavy (non-hydrogen) atoms. The van der Waals surface area contributed by atoms with Crippen molar-refractivity contribution >= 4 is 0 Å². The van der Waals surface area contributed by atoms with Crippen molar-refractivity contribution in [2.75, 3.05) is 19.8 Å². The van der Waals surface area contributed by atoms with E-state index in [0.717, 1.165) is 13.0 Å². The van der Waals surface area contributed by atoms with Gasteiger partial charge in [-0.25, -0.2) is 0 Å². The van der Waals surface area contributed by atoms with Crippen LogP contribution in [-0.2, 0) is 11.3 Å². The molecule has 0 radical (unpaired) electrons. The summed E-state index contributed by atoms with van der Waals surface area (Å²) in [6.45, 7) is 4.81. The van der Waals surface area contributed by atoms with Crippen molar-refractivity contribution < 1.29 is 17.9 Å². The van der Waals surface area contributed by atoms with Crippen molar-refractivity contribution in [2.45, 2.75) is 45.5 Å². The number of hydrogen-bond acceptors (Lipinski definition) is 2. The molecule has 1 N–H and O–H groups in total. The highest BCUT2D eigenvalue weighted by Gasteiger charge is 2.27. The summed E-state index contributed by atoms with van der Waals surface area (Å²) in [5.41, 5.74) is 1.19. The van der Waals surface area contributed by atoms with Gasteiger partial charge in [-0.1, -0.05) is 6.92 Å². The Morgan fingerprint density at radius 3 is 2.80 bits per heavy atom. The molecule has 1 rings (SSSR count). The van der Waals surface area contributed by atoms with Crippen LogP contribution in [0.2, 0.25) is 0 Å². The normalized spacial score (nSPS) is 13.7. The molecule has 0 amide bonds. The minimum atomic E-state index is -4.24. The fourth-order valence-electron chi connectivity index (χ4n) is 1.87. The van der Waals surface area contributed by atoms with E-state index >= 15 is 0 Å². The maximum atomic E-state index is 11.9. The molecule has 0 aliphatic heterocycles. The van der Waals surface area contributed by atoms with Crippen LogP contribution in [0.4, 0.5) is 13.2 Å². The number of alkyl halides is 3. The van der Waals surface area contributed by atoms with Gasteiger partial charge in [0.15, 0.2) is 0 Å². The summed E-state index contributed by atoms with van der Waals surface area (Å²) in [6, 6.07) is 2.32. The van der Waals surface area contributed by atoms with E-state index in [9.17, 15) is 13.2 Å². The predicted molar refractivity (Wildman–Crippen MR) is 72.6 cm³/mol. The maximum absolute atomic E-state index is 11.9. The van der Waals surface area contributed by atoms with E-state index in [-0.39, 0.29) is 12.6 Å². The molecule has 0 aromatic carbocycles. The van der Waals surface area contributed by atoms with Gasteiger partial charge >= 0.3 is 6.18 Å². The molecule has 1 atom stereocenters. The van der Waals surface area contributed by atoms with Crippen molar-refractivity contribution in [1.29, 1.82) is 0 Å². The lowest BCUT2D eigenvalue weighted by Crippen LogP contribution is -2.18. The van der Waals surface area contributed by atoms with Gasteiger partial charge in [0.2, 0.25) is 0 Å². The van der Waals surface area contributed by atoms with E-state index in [1.165, 1.54) is 5.56 Å². The SMILES string of the molecule is CCCNC(C)c1ccn(CCCOCC(F)(F)F)c1. The summed E-state index contributed by atoms with van der Waals surface area (Å²) < 4.78 is 42.1. The second-order valence-corrected chi connectivity index (χ2v) is 4.88. The zero-order valence-electron chi connectivity index (χ0n) is 12.0. The first-order valence-electron chi connectivity index (χ1n) is 6.96. The number of halogens is 3. The Kier molecular flexibility index (Phi) is 7.09. The van der Waals surface area contributed by atoms with Gasteiger partial charge in [-0.05, 0) is 37.9 Å². The van der Waals surface area contributed by atoms with Gasteiger partial charge in [-0.15, -0.1) is 0 Å². The Hall–Kier alpha value is -1.01. The van der Waals surface area contributed by atoms with Crippen molar-refractivity contribution in [3.63, 3.8) is 0 Å². The molecular weight excluding hydrogens is 269 g/mol. The van der Waals surface area contributed by atoms with Crippen molar-refractivity contribution in [2.24, 2.45) is 0 Å². The Morgan fingerprint density at radius 1 is 1.40 bits per heavy atom. The molecular formula is C14H23F3N2O. The summed E-state index contributed by atoms with van der Waals surface area (Å²) in [4.78, 5) is 0. The number of aromatic nitrogens is 1. The van der Waals surface area contributed by atoms with Gasteiger partial charge in [0.05, 0.1) is 0 Å². The van der Waals surface area contributed by atoms with Gasteiger partial charge in [0.1, 0.15) is 6.61 Å². The van der Waals surface area contributed by atoms with Crippen LogP contribution in [-0.4, -0.2) is 30.5 Å². The highest BCUT2D eigenvalue weighted by atomic mass is 19.4. The van der Waals surface area contributed by atoms with Gasteiger partial charge < -0.3 is 14.6 Å². The first kappa shape index (κ1) is 17.0. The standard InChI is InChI=1S/C14H23F3N2O/c1-3-6-18-12(2)13-5-8-19(10-13)7-4-9-20-11-14(15,16)17/h5,8,10,12,18H,3-4,6-7,9,11H2,1-2H3. The summed E-state index contributed by atoms with van der Waals surface area (Å²) in [5.74, 6) is 0. The number of rotatable bonds is 9. The number of ether oxygens (including phenoxy) is 1.